The van der Waals surface area contributed by atoms with E-state index in [2.05, 4.69) is 10.3 Å². The summed E-state index contributed by atoms with van der Waals surface area (Å²) in [6, 6.07) is 6.01. The first kappa shape index (κ1) is 14.6. The minimum atomic E-state index is 0.187. The van der Waals surface area contributed by atoms with Crippen molar-refractivity contribution >= 4 is 33.3 Å². The predicted octanol–water partition coefficient (Wildman–Crippen LogP) is 2.37. The second-order valence-corrected chi connectivity index (χ2v) is 6.24. The van der Waals surface area contributed by atoms with Crippen molar-refractivity contribution < 1.29 is 9.84 Å². The van der Waals surface area contributed by atoms with E-state index in [4.69, 9.17) is 9.84 Å². The van der Waals surface area contributed by atoms with Gasteiger partial charge >= 0.3 is 0 Å². The topological polar surface area (TPSA) is 54.4 Å². The number of aromatic nitrogens is 1. The van der Waals surface area contributed by atoms with Gasteiger partial charge in [0.15, 0.2) is 4.34 Å². The lowest BCUT2D eigenvalue weighted by molar-refractivity contribution is 0.294. The van der Waals surface area contributed by atoms with Crippen LogP contribution in [-0.4, -0.2) is 42.1 Å². The lowest BCUT2D eigenvalue weighted by Gasteiger charge is -2.00. The van der Waals surface area contributed by atoms with Crippen LogP contribution in [0.4, 0.5) is 0 Å². The standard InChI is InChI=1S/C13H18N2O2S2/c1-2-17-10-3-4-11-12(9-10)19-13(15-11)18-8-6-14-5-7-16/h3-4,9,14,16H,2,5-8H2,1H3. The highest BCUT2D eigenvalue weighted by atomic mass is 32.2. The van der Waals surface area contributed by atoms with Gasteiger partial charge in [-0.25, -0.2) is 4.98 Å². The van der Waals surface area contributed by atoms with E-state index in [-0.39, 0.29) is 6.61 Å². The van der Waals surface area contributed by atoms with Crippen LogP contribution >= 0.6 is 23.1 Å². The Morgan fingerprint density at radius 1 is 1.42 bits per heavy atom. The number of ether oxygens (including phenoxy) is 1. The maximum absolute atomic E-state index is 8.66. The minimum Gasteiger partial charge on any atom is -0.494 e. The number of aliphatic hydroxyl groups excluding tert-OH is 1. The number of nitrogens with zero attached hydrogens (tertiary/aromatic N) is 1. The molecule has 0 saturated carbocycles. The summed E-state index contributed by atoms with van der Waals surface area (Å²) in [6.45, 7) is 4.38. The maximum Gasteiger partial charge on any atom is 0.151 e. The molecular weight excluding hydrogens is 280 g/mol. The molecule has 19 heavy (non-hydrogen) atoms. The van der Waals surface area contributed by atoms with Gasteiger partial charge in [-0.05, 0) is 25.1 Å². The SMILES string of the molecule is CCOc1ccc2nc(SCCNCCO)sc2c1. The number of hydrogen-bond donors (Lipinski definition) is 2. The number of thiazole rings is 1. The number of rotatable bonds is 8. The second kappa shape index (κ2) is 7.69. The molecule has 1 heterocycles. The molecule has 0 radical (unpaired) electrons. The first-order chi connectivity index (χ1) is 9.33. The molecule has 0 aliphatic rings. The first-order valence-corrected chi connectivity index (χ1v) is 8.11. The summed E-state index contributed by atoms with van der Waals surface area (Å²) >= 11 is 3.43. The van der Waals surface area contributed by atoms with E-state index < -0.39 is 0 Å². The summed E-state index contributed by atoms with van der Waals surface area (Å²) in [4.78, 5) is 4.58. The molecule has 2 rings (SSSR count). The van der Waals surface area contributed by atoms with Crippen molar-refractivity contribution in [2.75, 3.05) is 32.1 Å². The van der Waals surface area contributed by atoms with E-state index in [0.29, 0.717) is 13.2 Å². The van der Waals surface area contributed by atoms with E-state index in [1.54, 1.807) is 23.1 Å². The van der Waals surface area contributed by atoms with Crippen molar-refractivity contribution in [1.29, 1.82) is 0 Å². The van der Waals surface area contributed by atoms with Gasteiger partial charge in [0.2, 0.25) is 0 Å². The number of fused-ring (bicyclic) bond motifs is 1. The third kappa shape index (κ3) is 4.35. The lowest BCUT2D eigenvalue weighted by atomic mass is 10.3. The summed E-state index contributed by atoms with van der Waals surface area (Å²) in [5, 5.41) is 11.8. The van der Waals surface area contributed by atoms with Crippen molar-refractivity contribution in [3.63, 3.8) is 0 Å². The van der Waals surface area contributed by atoms with Gasteiger partial charge in [0.1, 0.15) is 5.75 Å². The van der Waals surface area contributed by atoms with Crippen LogP contribution in [0.15, 0.2) is 22.5 Å². The fraction of sp³-hybridized carbons (Fsp3) is 0.462. The van der Waals surface area contributed by atoms with Crippen LogP contribution in [0, 0.1) is 0 Å². The van der Waals surface area contributed by atoms with Crippen molar-refractivity contribution in [2.45, 2.75) is 11.3 Å². The monoisotopic (exact) mass is 298 g/mol. The Labute approximate surface area is 121 Å². The number of aliphatic hydroxyl groups is 1. The Balaban J connectivity index is 1.93. The zero-order valence-electron chi connectivity index (χ0n) is 10.9. The van der Waals surface area contributed by atoms with Gasteiger partial charge in [-0.1, -0.05) is 11.8 Å². The number of thioether (sulfide) groups is 1. The summed E-state index contributed by atoms with van der Waals surface area (Å²) in [5.74, 6) is 1.86. The first-order valence-electron chi connectivity index (χ1n) is 6.31. The molecule has 1 aromatic carbocycles. The van der Waals surface area contributed by atoms with Crippen LogP contribution < -0.4 is 10.1 Å². The van der Waals surface area contributed by atoms with E-state index in [1.807, 2.05) is 25.1 Å². The van der Waals surface area contributed by atoms with Crippen LogP contribution in [0.5, 0.6) is 5.75 Å². The van der Waals surface area contributed by atoms with Crippen molar-refractivity contribution in [2.24, 2.45) is 0 Å². The molecule has 0 fully saturated rings. The molecule has 104 valence electrons. The average molecular weight is 298 g/mol. The number of hydrogen-bond acceptors (Lipinski definition) is 6. The Hall–Kier alpha value is -0.820. The second-order valence-electron chi connectivity index (χ2n) is 3.86. The van der Waals surface area contributed by atoms with E-state index in [9.17, 15) is 0 Å². The van der Waals surface area contributed by atoms with Gasteiger partial charge in [0.25, 0.3) is 0 Å². The molecule has 0 unspecified atom stereocenters. The van der Waals surface area contributed by atoms with E-state index in [0.717, 1.165) is 32.6 Å². The summed E-state index contributed by atoms with van der Waals surface area (Å²) in [7, 11) is 0. The van der Waals surface area contributed by atoms with Crippen molar-refractivity contribution in [1.82, 2.24) is 10.3 Å². The summed E-state index contributed by atoms with van der Waals surface area (Å²) in [5.41, 5.74) is 1.03. The van der Waals surface area contributed by atoms with Crippen LogP contribution in [0.2, 0.25) is 0 Å². The van der Waals surface area contributed by atoms with Gasteiger partial charge < -0.3 is 15.2 Å². The summed E-state index contributed by atoms with van der Waals surface area (Å²) in [6.07, 6.45) is 0. The maximum atomic E-state index is 8.66. The van der Waals surface area contributed by atoms with Crippen LogP contribution in [0.3, 0.4) is 0 Å². The highest BCUT2D eigenvalue weighted by Crippen LogP contribution is 2.31. The molecule has 2 N–H and O–H groups in total. The Morgan fingerprint density at radius 3 is 3.11 bits per heavy atom. The molecule has 2 aromatic rings. The van der Waals surface area contributed by atoms with Crippen LogP contribution in [0.1, 0.15) is 6.92 Å². The van der Waals surface area contributed by atoms with Crippen molar-refractivity contribution in [3.05, 3.63) is 18.2 Å². The highest BCUT2D eigenvalue weighted by Gasteiger charge is 2.05. The van der Waals surface area contributed by atoms with Gasteiger partial charge in [-0.3, -0.25) is 0 Å². The van der Waals surface area contributed by atoms with E-state index in [1.165, 1.54) is 0 Å². The summed E-state index contributed by atoms with van der Waals surface area (Å²) < 4.78 is 7.73. The Bertz CT molecular complexity index is 516. The molecule has 0 atom stereocenters. The molecule has 0 saturated heterocycles. The van der Waals surface area contributed by atoms with Gasteiger partial charge in [0, 0.05) is 18.8 Å². The third-order valence-corrected chi connectivity index (χ3v) is 4.61. The zero-order valence-corrected chi connectivity index (χ0v) is 12.5. The Morgan fingerprint density at radius 2 is 2.32 bits per heavy atom. The van der Waals surface area contributed by atoms with Gasteiger partial charge in [-0.15, -0.1) is 11.3 Å². The van der Waals surface area contributed by atoms with Gasteiger partial charge in [-0.2, -0.15) is 0 Å². The van der Waals surface area contributed by atoms with E-state index >= 15 is 0 Å². The van der Waals surface area contributed by atoms with Crippen molar-refractivity contribution in [3.8, 4) is 5.75 Å². The Kier molecular flexibility index (Phi) is 5.91. The van der Waals surface area contributed by atoms with Crippen LogP contribution in [0.25, 0.3) is 10.2 Å². The molecule has 0 spiro atoms. The largest absolute Gasteiger partial charge is 0.494 e. The fourth-order valence-corrected chi connectivity index (χ4v) is 3.68. The highest BCUT2D eigenvalue weighted by molar-refractivity contribution is 8.01. The molecule has 0 bridgehead atoms. The smallest absolute Gasteiger partial charge is 0.151 e. The van der Waals surface area contributed by atoms with Crippen LogP contribution in [-0.2, 0) is 0 Å². The quantitative estimate of drug-likeness (QED) is 0.579. The molecule has 6 heteroatoms. The molecule has 1 aromatic heterocycles. The minimum absolute atomic E-state index is 0.187. The molecule has 0 aliphatic heterocycles. The zero-order chi connectivity index (χ0) is 13.5. The number of nitrogens with one attached hydrogen (secondary N) is 1. The average Bonchev–Trinajstić information content (AvgIpc) is 2.81. The normalized spacial score (nSPS) is 11.1. The molecule has 0 aliphatic carbocycles. The predicted molar refractivity (Wildman–Crippen MR) is 81.5 cm³/mol. The van der Waals surface area contributed by atoms with Gasteiger partial charge in [0.05, 0.1) is 23.4 Å². The molecule has 0 amide bonds. The third-order valence-electron chi connectivity index (χ3n) is 2.44. The fourth-order valence-electron chi connectivity index (χ4n) is 1.62. The lowest BCUT2D eigenvalue weighted by Crippen LogP contribution is -2.20. The number of benzene rings is 1. The molecular formula is C13H18N2O2S2. The molecule has 4 nitrogen and oxygen atoms in total.